The van der Waals surface area contributed by atoms with Crippen LogP contribution in [-0.4, -0.2) is 56.0 Å². The average molecular weight is 532 g/mol. The summed E-state index contributed by atoms with van der Waals surface area (Å²) in [5, 5.41) is 14.2. The molecule has 4 aromatic rings. The number of amides is 2. The maximum Gasteiger partial charge on any atom is 0.273 e. The van der Waals surface area contributed by atoms with Gasteiger partial charge in [-0.15, -0.1) is 0 Å². The number of hydrogen-bond acceptors (Lipinski definition) is 7. The third-order valence-electron chi connectivity index (χ3n) is 6.66. The molecule has 202 valence electrons. The summed E-state index contributed by atoms with van der Waals surface area (Å²) in [4.78, 5) is 34.8. The first-order chi connectivity index (χ1) is 18.6. The molecule has 4 heterocycles. The van der Waals surface area contributed by atoms with Crippen LogP contribution in [0.4, 0.5) is 10.2 Å². The van der Waals surface area contributed by atoms with Crippen molar-refractivity contribution in [1.82, 2.24) is 30.4 Å². The van der Waals surface area contributed by atoms with Crippen molar-refractivity contribution in [2.45, 2.75) is 45.2 Å². The summed E-state index contributed by atoms with van der Waals surface area (Å²) < 4.78 is 20.6. The molecule has 0 bridgehead atoms. The van der Waals surface area contributed by atoms with Gasteiger partial charge in [-0.3, -0.25) is 14.7 Å². The van der Waals surface area contributed by atoms with E-state index >= 15 is 4.39 Å². The molecule has 1 saturated heterocycles. The molecule has 10 nitrogen and oxygen atoms in total. The van der Waals surface area contributed by atoms with E-state index in [4.69, 9.17) is 4.42 Å². The Bertz CT molecular complexity index is 1550. The molecule has 1 aliphatic heterocycles. The molecule has 0 unspecified atom stereocenters. The average Bonchev–Trinajstić information content (AvgIpc) is 3.67. The molecule has 0 radical (unpaired) electrons. The number of nitrogens with zero attached hydrogens (tertiary/aromatic N) is 4. The van der Waals surface area contributed by atoms with Crippen LogP contribution >= 0.6 is 0 Å². The van der Waals surface area contributed by atoms with Crippen molar-refractivity contribution in [1.29, 1.82) is 0 Å². The molecule has 39 heavy (non-hydrogen) atoms. The standard InChI is InChI=1S/C28H30FN7O3/c1-5-22(37)36-11-9-18(14-36)32-25-23-19(8-10-30-24(23)34-35-25)16-6-7-17(20(29)12-16)13-31-26(38)21-15-39-27(33-21)28(2,3)4/h5-8,10,12,15,18H,1,9,11,13-14H2,2-4H3,(H,31,38)(H2,30,32,34,35)/t18-/m1/s1. The van der Waals surface area contributed by atoms with E-state index in [9.17, 15) is 9.59 Å². The van der Waals surface area contributed by atoms with Crippen LogP contribution < -0.4 is 10.6 Å². The van der Waals surface area contributed by atoms with Crippen molar-refractivity contribution in [2.75, 3.05) is 18.4 Å². The van der Waals surface area contributed by atoms with E-state index in [2.05, 4.69) is 37.4 Å². The van der Waals surface area contributed by atoms with Crippen molar-refractivity contribution < 1.29 is 18.4 Å². The molecule has 3 aromatic heterocycles. The Hall–Kier alpha value is -4.54. The highest BCUT2D eigenvalue weighted by atomic mass is 19.1. The fourth-order valence-electron chi connectivity index (χ4n) is 4.54. The van der Waals surface area contributed by atoms with E-state index in [1.54, 1.807) is 29.3 Å². The number of carbonyl (C=O) groups excluding carboxylic acids is 2. The summed E-state index contributed by atoms with van der Waals surface area (Å²) in [6.45, 7) is 10.5. The first-order valence-electron chi connectivity index (χ1n) is 12.7. The molecule has 1 aliphatic rings. The lowest BCUT2D eigenvalue weighted by Crippen LogP contribution is -2.30. The lowest BCUT2D eigenvalue weighted by Gasteiger charge is -2.15. The predicted molar refractivity (Wildman–Crippen MR) is 144 cm³/mol. The van der Waals surface area contributed by atoms with Crippen LogP contribution in [0.5, 0.6) is 0 Å². The van der Waals surface area contributed by atoms with Gasteiger partial charge in [0.2, 0.25) is 5.91 Å². The highest BCUT2D eigenvalue weighted by molar-refractivity contribution is 6.00. The van der Waals surface area contributed by atoms with E-state index in [0.717, 1.165) is 17.4 Å². The highest BCUT2D eigenvalue weighted by Gasteiger charge is 2.27. The molecule has 1 aromatic carbocycles. The third-order valence-corrected chi connectivity index (χ3v) is 6.66. The molecule has 11 heteroatoms. The quantitative estimate of drug-likeness (QED) is 0.305. The Labute approximate surface area is 224 Å². The molecule has 2 amide bonds. The van der Waals surface area contributed by atoms with Crippen LogP contribution in [0.2, 0.25) is 0 Å². The number of benzene rings is 1. The van der Waals surface area contributed by atoms with Gasteiger partial charge in [0.05, 0.1) is 5.39 Å². The molecule has 3 N–H and O–H groups in total. The topological polar surface area (TPSA) is 129 Å². The molecular formula is C28H30FN7O3. The molecule has 5 rings (SSSR count). The number of aromatic amines is 1. The number of nitrogens with one attached hydrogen (secondary N) is 3. The van der Waals surface area contributed by atoms with Gasteiger partial charge in [0.25, 0.3) is 5.91 Å². The summed E-state index contributed by atoms with van der Waals surface area (Å²) in [5.41, 5.74) is 2.10. The van der Waals surface area contributed by atoms with Crippen LogP contribution in [0.3, 0.4) is 0 Å². The maximum absolute atomic E-state index is 15.2. The molecule has 1 atom stereocenters. The van der Waals surface area contributed by atoms with Crippen LogP contribution in [-0.2, 0) is 16.8 Å². The number of halogens is 1. The largest absolute Gasteiger partial charge is 0.448 e. The molecule has 1 fully saturated rings. The van der Waals surface area contributed by atoms with Gasteiger partial charge in [0, 0.05) is 42.9 Å². The van der Waals surface area contributed by atoms with Crippen molar-refractivity contribution in [3.63, 3.8) is 0 Å². The minimum atomic E-state index is -0.458. The second-order valence-electron chi connectivity index (χ2n) is 10.5. The number of fused-ring (bicyclic) bond motifs is 1. The highest BCUT2D eigenvalue weighted by Crippen LogP contribution is 2.33. The number of hydrogen-bond donors (Lipinski definition) is 3. The second kappa shape index (κ2) is 10.3. The molecule has 0 saturated carbocycles. The van der Waals surface area contributed by atoms with E-state index < -0.39 is 11.7 Å². The van der Waals surface area contributed by atoms with E-state index in [-0.39, 0.29) is 29.6 Å². The Kier molecular flexibility index (Phi) is 6.90. The molecule has 0 spiro atoms. The monoisotopic (exact) mass is 531 g/mol. The van der Waals surface area contributed by atoms with Gasteiger partial charge >= 0.3 is 0 Å². The summed E-state index contributed by atoms with van der Waals surface area (Å²) in [6.07, 6.45) is 5.02. The minimum Gasteiger partial charge on any atom is -0.448 e. The predicted octanol–water partition coefficient (Wildman–Crippen LogP) is 4.18. The molecule has 0 aliphatic carbocycles. The Balaban J connectivity index is 1.32. The van der Waals surface area contributed by atoms with Crippen LogP contribution in [0.25, 0.3) is 22.2 Å². The summed E-state index contributed by atoms with van der Waals surface area (Å²) >= 11 is 0. The number of H-pyrrole nitrogens is 1. The van der Waals surface area contributed by atoms with Crippen LogP contribution in [0.15, 0.2) is 53.8 Å². The van der Waals surface area contributed by atoms with Crippen LogP contribution in [0.1, 0.15) is 49.1 Å². The zero-order valence-electron chi connectivity index (χ0n) is 22.0. The number of anilines is 1. The first-order valence-corrected chi connectivity index (χ1v) is 12.7. The first kappa shape index (κ1) is 26.1. The van der Waals surface area contributed by atoms with E-state index in [1.807, 2.05) is 20.8 Å². The van der Waals surface area contributed by atoms with Crippen LogP contribution in [0, 0.1) is 5.82 Å². The number of pyridine rings is 1. The Morgan fingerprint density at radius 1 is 1.31 bits per heavy atom. The fourth-order valence-corrected chi connectivity index (χ4v) is 4.54. The zero-order valence-corrected chi connectivity index (χ0v) is 22.0. The van der Waals surface area contributed by atoms with Gasteiger partial charge in [-0.05, 0) is 35.8 Å². The van der Waals surface area contributed by atoms with Gasteiger partial charge < -0.3 is 20.0 Å². The Morgan fingerprint density at radius 3 is 2.85 bits per heavy atom. The zero-order chi connectivity index (χ0) is 27.7. The second-order valence-corrected chi connectivity index (χ2v) is 10.5. The number of oxazole rings is 1. The van der Waals surface area contributed by atoms with Crippen molar-refractivity contribution >= 4 is 28.7 Å². The number of likely N-dealkylation sites (tertiary alicyclic amines) is 1. The van der Waals surface area contributed by atoms with Gasteiger partial charge in [-0.1, -0.05) is 39.5 Å². The van der Waals surface area contributed by atoms with Gasteiger partial charge in [0.15, 0.2) is 23.0 Å². The number of aromatic nitrogens is 4. The maximum atomic E-state index is 15.2. The smallest absolute Gasteiger partial charge is 0.273 e. The van der Waals surface area contributed by atoms with Crippen molar-refractivity contribution in [2.24, 2.45) is 0 Å². The Morgan fingerprint density at radius 2 is 2.13 bits per heavy atom. The fraction of sp³-hybridized carbons (Fsp3) is 0.321. The summed E-state index contributed by atoms with van der Waals surface area (Å²) in [5.74, 6) is 0.0417. The van der Waals surface area contributed by atoms with E-state index in [0.29, 0.717) is 41.6 Å². The van der Waals surface area contributed by atoms with Crippen molar-refractivity contribution in [3.05, 3.63) is 72.3 Å². The summed E-state index contributed by atoms with van der Waals surface area (Å²) in [7, 11) is 0. The lowest BCUT2D eigenvalue weighted by atomic mass is 9.97. The third kappa shape index (κ3) is 5.38. The normalized spacial score (nSPS) is 15.5. The SMILES string of the molecule is C=CC(=O)N1CC[C@@H](Nc2n[nH]c3nccc(-c4ccc(CNC(=O)c5coc(C(C)(C)C)n5)c(F)c4)c23)C1. The molecular weight excluding hydrogens is 501 g/mol. The van der Waals surface area contributed by atoms with Gasteiger partial charge in [-0.25, -0.2) is 14.4 Å². The van der Waals surface area contributed by atoms with E-state index in [1.165, 1.54) is 18.4 Å². The number of rotatable bonds is 7. The lowest BCUT2D eigenvalue weighted by molar-refractivity contribution is -0.125. The number of carbonyl (C=O) groups is 2. The summed E-state index contributed by atoms with van der Waals surface area (Å²) in [6, 6.07) is 6.69. The minimum absolute atomic E-state index is 0.00542. The van der Waals surface area contributed by atoms with Gasteiger partial charge in [0.1, 0.15) is 12.1 Å². The van der Waals surface area contributed by atoms with Gasteiger partial charge in [-0.2, -0.15) is 5.10 Å². The van der Waals surface area contributed by atoms with Crippen molar-refractivity contribution in [3.8, 4) is 11.1 Å².